The molecule has 4 heterocycles. The Kier molecular flexibility index (Phi) is 5.47. The predicted molar refractivity (Wildman–Crippen MR) is 215 cm³/mol. The van der Waals surface area contributed by atoms with Gasteiger partial charge >= 0.3 is 0 Å². The highest BCUT2D eigenvalue weighted by Gasteiger charge is 2.23. The van der Waals surface area contributed by atoms with Crippen LogP contribution in [0.15, 0.2) is 179 Å². The Balaban J connectivity index is 1.18. The summed E-state index contributed by atoms with van der Waals surface area (Å²) in [6, 6.07) is 60.5. The van der Waals surface area contributed by atoms with Gasteiger partial charge in [0.1, 0.15) is 22.3 Å². The molecule has 12 aromatic rings. The summed E-state index contributed by atoms with van der Waals surface area (Å²) in [4.78, 5) is 0. The molecule has 0 aliphatic rings. The molecule has 0 fully saturated rings. The van der Waals surface area contributed by atoms with Gasteiger partial charge in [-0.25, -0.2) is 0 Å². The monoisotopic (exact) mass is 664 g/mol. The molecule has 4 nitrogen and oxygen atoms in total. The van der Waals surface area contributed by atoms with Gasteiger partial charge in [0.25, 0.3) is 0 Å². The lowest BCUT2D eigenvalue weighted by Gasteiger charge is -2.08. The number of furan rings is 2. The summed E-state index contributed by atoms with van der Waals surface area (Å²) in [5, 5.41) is 9.11. The van der Waals surface area contributed by atoms with Crippen molar-refractivity contribution in [1.82, 2.24) is 9.13 Å². The summed E-state index contributed by atoms with van der Waals surface area (Å²) < 4.78 is 18.4. The van der Waals surface area contributed by atoms with Crippen LogP contribution in [0.3, 0.4) is 0 Å². The zero-order chi connectivity index (χ0) is 33.9. The van der Waals surface area contributed by atoms with Crippen molar-refractivity contribution in [2.24, 2.45) is 0 Å². The zero-order valence-electron chi connectivity index (χ0n) is 27.9. The van der Waals surface area contributed by atoms with Crippen LogP contribution >= 0.6 is 0 Å². The van der Waals surface area contributed by atoms with Crippen LogP contribution in [-0.2, 0) is 0 Å². The van der Waals surface area contributed by atoms with Gasteiger partial charge < -0.3 is 18.0 Å². The van der Waals surface area contributed by atoms with Crippen LogP contribution in [0.1, 0.15) is 0 Å². The van der Waals surface area contributed by atoms with Crippen molar-refractivity contribution in [2.45, 2.75) is 0 Å². The minimum absolute atomic E-state index is 0.828. The van der Waals surface area contributed by atoms with E-state index >= 15 is 0 Å². The summed E-state index contributed by atoms with van der Waals surface area (Å²) in [6.45, 7) is 0. The normalized spacial score (nSPS) is 12.2. The van der Waals surface area contributed by atoms with E-state index in [1.54, 1.807) is 0 Å². The zero-order valence-corrected chi connectivity index (χ0v) is 27.9. The van der Waals surface area contributed by atoms with Crippen LogP contribution in [0.4, 0.5) is 0 Å². The average Bonchev–Trinajstić information content (AvgIpc) is 3.95. The third-order valence-corrected chi connectivity index (χ3v) is 10.9. The van der Waals surface area contributed by atoms with Crippen molar-refractivity contribution in [1.29, 1.82) is 0 Å². The van der Waals surface area contributed by atoms with Crippen LogP contribution in [0.2, 0.25) is 0 Å². The van der Waals surface area contributed by atoms with Crippen LogP contribution in [-0.4, -0.2) is 9.13 Å². The third kappa shape index (κ3) is 3.70. The lowest BCUT2D eigenvalue weighted by atomic mass is 9.98. The van der Waals surface area contributed by atoms with Crippen molar-refractivity contribution >= 4 is 87.5 Å². The van der Waals surface area contributed by atoms with Gasteiger partial charge in [-0.2, -0.15) is 0 Å². The summed E-state index contributed by atoms with van der Waals surface area (Å²) in [7, 11) is 0. The lowest BCUT2D eigenvalue weighted by Crippen LogP contribution is -1.93. The molecular formula is C48H28N2O2. The molecule has 4 aromatic heterocycles. The van der Waals surface area contributed by atoms with Crippen molar-refractivity contribution in [3.05, 3.63) is 170 Å². The molecule has 0 saturated heterocycles. The van der Waals surface area contributed by atoms with Crippen molar-refractivity contribution in [3.8, 4) is 22.5 Å². The van der Waals surface area contributed by atoms with Crippen molar-refractivity contribution < 1.29 is 8.83 Å². The van der Waals surface area contributed by atoms with Crippen molar-refractivity contribution in [3.63, 3.8) is 0 Å². The SMILES string of the molecule is c1ccc(-c2cc3c4cc(-n5c6ccccc6c6ccccc65)ccc4oc3c3c2oc2ccc(-n4c5ccccc5c5ccccc54)cc23)cc1. The number of aromatic nitrogens is 2. The number of para-hydroxylation sites is 4. The molecule has 0 N–H and O–H groups in total. The van der Waals surface area contributed by atoms with Gasteiger partial charge in [-0.3, -0.25) is 0 Å². The van der Waals surface area contributed by atoms with Crippen LogP contribution < -0.4 is 0 Å². The maximum Gasteiger partial charge on any atom is 0.147 e. The standard InChI is InChI=1S/C48H28N2O2/c1-2-12-29(13-3-1)36-28-38-37-26-30(49-40-18-8-4-14-32(40)33-15-5-9-19-41(33)49)22-24-44(37)51-48(38)46-39-27-31(23-25-45(39)52-47(36)46)50-42-20-10-6-16-34(42)35-17-7-11-21-43(35)50/h1-28H. The van der Waals surface area contributed by atoms with Gasteiger partial charge in [-0.05, 0) is 72.3 Å². The first-order valence-electron chi connectivity index (χ1n) is 17.7. The van der Waals surface area contributed by atoms with E-state index in [9.17, 15) is 0 Å². The molecule has 0 bridgehead atoms. The highest BCUT2D eigenvalue weighted by Crippen LogP contribution is 2.46. The molecule has 0 spiro atoms. The number of fused-ring (bicyclic) bond motifs is 13. The number of hydrogen-bond acceptors (Lipinski definition) is 2. The van der Waals surface area contributed by atoms with E-state index in [-0.39, 0.29) is 0 Å². The smallest absolute Gasteiger partial charge is 0.147 e. The second kappa shape index (κ2) is 10.3. The van der Waals surface area contributed by atoms with Gasteiger partial charge in [0.2, 0.25) is 0 Å². The fourth-order valence-corrected chi connectivity index (χ4v) is 8.66. The number of nitrogens with zero attached hydrogens (tertiary/aromatic N) is 2. The first kappa shape index (κ1) is 27.7. The Hall–Kier alpha value is -7.04. The predicted octanol–water partition coefficient (Wildman–Crippen LogP) is 13.3. The second-order valence-corrected chi connectivity index (χ2v) is 13.7. The van der Waals surface area contributed by atoms with Crippen LogP contribution in [0.25, 0.3) is 110 Å². The van der Waals surface area contributed by atoms with Gasteiger partial charge in [0, 0.05) is 54.6 Å². The van der Waals surface area contributed by atoms with E-state index in [1.165, 1.54) is 43.6 Å². The summed E-state index contributed by atoms with van der Waals surface area (Å²) >= 11 is 0. The fraction of sp³-hybridized carbons (Fsp3) is 0. The molecule has 4 heteroatoms. The molecular weight excluding hydrogens is 637 g/mol. The van der Waals surface area contributed by atoms with Gasteiger partial charge in [-0.15, -0.1) is 0 Å². The quantitative estimate of drug-likeness (QED) is 0.188. The van der Waals surface area contributed by atoms with Gasteiger partial charge in [-0.1, -0.05) is 103 Å². The van der Waals surface area contributed by atoms with Crippen molar-refractivity contribution in [2.75, 3.05) is 0 Å². The molecule has 242 valence electrons. The van der Waals surface area contributed by atoms with E-state index in [1.807, 2.05) is 0 Å². The molecule has 0 unspecified atom stereocenters. The molecule has 0 atom stereocenters. The maximum atomic E-state index is 6.87. The Bertz CT molecular complexity index is 3300. The molecule has 52 heavy (non-hydrogen) atoms. The molecule has 0 aliphatic carbocycles. The molecule has 0 aliphatic heterocycles. The largest absolute Gasteiger partial charge is 0.455 e. The van der Waals surface area contributed by atoms with Gasteiger partial charge in [0.05, 0.1) is 27.5 Å². The average molecular weight is 665 g/mol. The first-order chi connectivity index (χ1) is 25.8. The lowest BCUT2D eigenvalue weighted by molar-refractivity contribution is 0.663. The Morgan fingerprint density at radius 1 is 0.327 bits per heavy atom. The number of hydrogen-bond donors (Lipinski definition) is 0. The Morgan fingerprint density at radius 3 is 1.31 bits per heavy atom. The minimum Gasteiger partial charge on any atom is -0.455 e. The Labute approximate surface area is 296 Å². The number of benzene rings is 8. The summed E-state index contributed by atoms with van der Waals surface area (Å²) in [5.41, 5.74) is 12.4. The highest BCUT2D eigenvalue weighted by atomic mass is 16.3. The molecule has 0 amide bonds. The van der Waals surface area contributed by atoms with Crippen LogP contribution in [0, 0.1) is 0 Å². The van der Waals surface area contributed by atoms with E-state index in [2.05, 4.69) is 179 Å². The van der Waals surface area contributed by atoms with E-state index in [4.69, 9.17) is 8.83 Å². The van der Waals surface area contributed by atoms with E-state index < -0.39 is 0 Å². The van der Waals surface area contributed by atoms with Crippen LogP contribution in [0.5, 0.6) is 0 Å². The minimum atomic E-state index is 0.828. The topological polar surface area (TPSA) is 36.1 Å². The summed E-state index contributed by atoms with van der Waals surface area (Å²) in [6.07, 6.45) is 0. The van der Waals surface area contributed by atoms with Gasteiger partial charge in [0.15, 0.2) is 0 Å². The highest BCUT2D eigenvalue weighted by molar-refractivity contribution is 6.26. The molecule has 8 aromatic carbocycles. The fourth-order valence-electron chi connectivity index (χ4n) is 8.66. The Morgan fingerprint density at radius 2 is 0.769 bits per heavy atom. The maximum absolute atomic E-state index is 6.87. The third-order valence-electron chi connectivity index (χ3n) is 10.9. The second-order valence-electron chi connectivity index (χ2n) is 13.7. The summed E-state index contributed by atoms with van der Waals surface area (Å²) in [5.74, 6) is 0. The molecule has 12 rings (SSSR count). The number of rotatable bonds is 3. The van der Waals surface area contributed by atoms with E-state index in [0.717, 1.165) is 66.4 Å². The first-order valence-corrected chi connectivity index (χ1v) is 17.7. The van der Waals surface area contributed by atoms with E-state index in [0.29, 0.717) is 0 Å². The molecule has 0 radical (unpaired) electrons. The molecule has 0 saturated carbocycles.